The third-order valence-corrected chi connectivity index (χ3v) is 3.10. The van der Waals surface area contributed by atoms with E-state index in [0.29, 0.717) is 31.1 Å². The van der Waals surface area contributed by atoms with Crippen molar-refractivity contribution in [1.82, 2.24) is 10.6 Å². The Bertz CT molecular complexity index is 517. The van der Waals surface area contributed by atoms with E-state index >= 15 is 0 Å². The number of ether oxygens (including phenoxy) is 2. The lowest BCUT2D eigenvalue weighted by atomic mass is 10.1. The molecule has 2 N–H and O–H groups in total. The van der Waals surface area contributed by atoms with Crippen LogP contribution in [-0.4, -0.2) is 38.1 Å². The molecule has 122 valence electrons. The highest BCUT2D eigenvalue weighted by Gasteiger charge is 2.17. The maximum atomic E-state index is 12.2. The normalized spacial score (nSPS) is 11.6. The summed E-state index contributed by atoms with van der Waals surface area (Å²) >= 11 is 0. The second-order valence-electron chi connectivity index (χ2n) is 4.75. The number of amides is 2. The van der Waals surface area contributed by atoms with Crippen molar-refractivity contribution in [2.45, 2.75) is 33.4 Å². The lowest BCUT2D eigenvalue weighted by Crippen LogP contribution is -2.44. The molecule has 1 atom stereocenters. The second kappa shape index (κ2) is 9.04. The van der Waals surface area contributed by atoms with Crippen molar-refractivity contribution >= 4 is 11.8 Å². The van der Waals surface area contributed by atoms with Crippen LogP contribution in [0, 0.1) is 0 Å². The zero-order valence-corrected chi connectivity index (χ0v) is 13.6. The largest absolute Gasteiger partial charge is 0.496 e. The highest BCUT2D eigenvalue weighted by molar-refractivity contribution is 5.97. The Labute approximate surface area is 131 Å². The fraction of sp³-hybridized carbons (Fsp3) is 0.500. The number of likely N-dealkylation sites (N-methyl/N-ethyl adjacent to an activating group) is 1. The Kier molecular flexibility index (Phi) is 7.39. The van der Waals surface area contributed by atoms with E-state index in [9.17, 15) is 9.59 Å². The molecular weight excluding hydrogens is 284 g/mol. The van der Waals surface area contributed by atoms with E-state index in [1.54, 1.807) is 32.2 Å². The Morgan fingerprint density at radius 1 is 1.27 bits per heavy atom. The van der Waals surface area contributed by atoms with E-state index in [4.69, 9.17) is 9.47 Å². The molecule has 0 aliphatic rings. The molecule has 2 amide bonds. The standard InChI is InChI=1S/C16H24N2O4/c1-5-17-15(19)11(3)18-16(20)12-7-8-14(21-4)13(9-12)10-22-6-2/h7-9,11H,5-6,10H2,1-4H3,(H,17,19)(H,18,20)/t11-/m1/s1. The van der Waals surface area contributed by atoms with Gasteiger partial charge in [0, 0.05) is 24.3 Å². The Morgan fingerprint density at radius 3 is 2.59 bits per heavy atom. The fourth-order valence-electron chi connectivity index (χ4n) is 1.92. The number of rotatable bonds is 8. The first-order valence-corrected chi connectivity index (χ1v) is 7.36. The van der Waals surface area contributed by atoms with Crippen molar-refractivity contribution in [2.24, 2.45) is 0 Å². The topological polar surface area (TPSA) is 76.7 Å². The van der Waals surface area contributed by atoms with Crippen LogP contribution >= 0.6 is 0 Å². The SMILES string of the molecule is CCNC(=O)[C@@H](C)NC(=O)c1ccc(OC)c(COCC)c1. The van der Waals surface area contributed by atoms with Gasteiger partial charge in [-0.2, -0.15) is 0 Å². The molecule has 0 saturated heterocycles. The van der Waals surface area contributed by atoms with Crippen molar-refractivity contribution in [2.75, 3.05) is 20.3 Å². The Balaban J connectivity index is 2.82. The van der Waals surface area contributed by atoms with Crippen molar-refractivity contribution in [1.29, 1.82) is 0 Å². The van der Waals surface area contributed by atoms with Crippen LogP contribution in [0.15, 0.2) is 18.2 Å². The minimum absolute atomic E-state index is 0.209. The van der Waals surface area contributed by atoms with Gasteiger partial charge in [-0.25, -0.2) is 0 Å². The number of hydrogen-bond acceptors (Lipinski definition) is 4. The zero-order valence-electron chi connectivity index (χ0n) is 13.6. The van der Waals surface area contributed by atoms with Crippen LogP contribution in [0.5, 0.6) is 5.75 Å². The first kappa shape index (κ1) is 18.0. The summed E-state index contributed by atoms with van der Waals surface area (Å²) in [5, 5.41) is 5.33. The summed E-state index contributed by atoms with van der Waals surface area (Å²) in [6.07, 6.45) is 0. The molecular formula is C16H24N2O4. The van der Waals surface area contributed by atoms with Crippen LogP contribution in [0.3, 0.4) is 0 Å². The molecule has 6 nitrogen and oxygen atoms in total. The van der Waals surface area contributed by atoms with Gasteiger partial charge in [0.2, 0.25) is 5.91 Å². The molecule has 22 heavy (non-hydrogen) atoms. The van der Waals surface area contributed by atoms with Gasteiger partial charge in [0.1, 0.15) is 11.8 Å². The molecule has 0 aromatic heterocycles. The number of hydrogen-bond donors (Lipinski definition) is 2. The van der Waals surface area contributed by atoms with E-state index < -0.39 is 6.04 Å². The molecule has 0 saturated carbocycles. The maximum absolute atomic E-state index is 12.2. The minimum atomic E-state index is -0.593. The summed E-state index contributed by atoms with van der Waals surface area (Å²) < 4.78 is 10.6. The van der Waals surface area contributed by atoms with E-state index in [-0.39, 0.29) is 11.8 Å². The van der Waals surface area contributed by atoms with Gasteiger partial charge in [-0.05, 0) is 39.0 Å². The van der Waals surface area contributed by atoms with Gasteiger partial charge in [0.05, 0.1) is 13.7 Å². The van der Waals surface area contributed by atoms with Crippen LogP contribution < -0.4 is 15.4 Å². The molecule has 0 fully saturated rings. The molecule has 0 aliphatic heterocycles. The lowest BCUT2D eigenvalue weighted by Gasteiger charge is -2.15. The van der Waals surface area contributed by atoms with Gasteiger partial charge in [-0.15, -0.1) is 0 Å². The van der Waals surface area contributed by atoms with Crippen LogP contribution in [0.4, 0.5) is 0 Å². The second-order valence-corrected chi connectivity index (χ2v) is 4.75. The highest BCUT2D eigenvalue weighted by Crippen LogP contribution is 2.21. The summed E-state index contributed by atoms with van der Waals surface area (Å²) in [5.41, 5.74) is 1.26. The van der Waals surface area contributed by atoms with Crippen LogP contribution in [0.2, 0.25) is 0 Å². The molecule has 0 bridgehead atoms. The van der Waals surface area contributed by atoms with E-state index in [1.165, 1.54) is 0 Å². The Morgan fingerprint density at radius 2 is 2.00 bits per heavy atom. The van der Waals surface area contributed by atoms with Gasteiger partial charge in [0.15, 0.2) is 0 Å². The van der Waals surface area contributed by atoms with Crippen LogP contribution in [0.1, 0.15) is 36.7 Å². The number of methoxy groups -OCH3 is 1. The molecule has 1 rings (SSSR count). The maximum Gasteiger partial charge on any atom is 0.251 e. The molecule has 0 spiro atoms. The predicted octanol–water partition coefficient (Wildman–Crippen LogP) is 1.49. The number of carbonyl (C=O) groups excluding carboxylic acids is 2. The summed E-state index contributed by atoms with van der Waals surface area (Å²) in [5.74, 6) is 0.153. The highest BCUT2D eigenvalue weighted by atomic mass is 16.5. The fourth-order valence-corrected chi connectivity index (χ4v) is 1.92. The quantitative estimate of drug-likeness (QED) is 0.763. The molecule has 0 unspecified atom stereocenters. The molecule has 1 aromatic rings. The Hall–Kier alpha value is -2.08. The van der Waals surface area contributed by atoms with Gasteiger partial charge in [-0.1, -0.05) is 0 Å². The van der Waals surface area contributed by atoms with Gasteiger partial charge < -0.3 is 20.1 Å². The van der Waals surface area contributed by atoms with Crippen LogP contribution in [-0.2, 0) is 16.1 Å². The van der Waals surface area contributed by atoms with Gasteiger partial charge >= 0.3 is 0 Å². The zero-order chi connectivity index (χ0) is 16.5. The van der Waals surface area contributed by atoms with Gasteiger partial charge in [-0.3, -0.25) is 9.59 Å². The van der Waals surface area contributed by atoms with Gasteiger partial charge in [0.25, 0.3) is 5.91 Å². The van der Waals surface area contributed by atoms with Crippen molar-refractivity contribution in [3.8, 4) is 5.75 Å². The average Bonchev–Trinajstić information content (AvgIpc) is 2.52. The summed E-state index contributed by atoms with van der Waals surface area (Å²) in [6.45, 7) is 6.85. The molecule has 6 heteroatoms. The summed E-state index contributed by atoms with van der Waals surface area (Å²) in [4.78, 5) is 23.9. The number of benzene rings is 1. The number of carbonyl (C=O) groups is 2. The first-order valence-electron chi connectivity index (χ1n) is 7.36. The molecule has 0 heterocycles. The smallest absolute Gasteiger partial charge is 0.251 e. The predicted molar refractivity (Wildman–Crippen MR) is 83.9 cm³/mol. The summed E-state index contributed by atoms with van der Waals surface area (Å²) in [7, 11) is 1.57. The van der Waals surface area contributed by atoms with E-state index in [0.717, 1.165) is 5.56 Å². The third kappa shape index (κ3) is 5.04. The van der Waals surface area contributed by atoms with Crippen molar-refractivity contribution < 1.29 is 19.1 Å². The van der Waals surface area contributed by atoms with Crippen molar-refractivity contribution in [3.05, 3.63) is 29.3 Å². The first-order chi connectivity index (χ1) is 10.5. The van der Waals surface area contributed by atoms with E-state index in [1.807, 2.05) is 13.8 Å². The molecule has 0 radical (unpaired) electrons. The average molecular weight is 308 g/mol. The molecule has 0 aliphatic carbocycles. The van der Waals surface area contributed by atoms with Crippen molar-refractivity contribution in [3.63, 3.8) is 0 Å². The lowest BCUT2D eigenvalue weighted by molar-refractivity contribution is -0.122. The molecule has 1 aromatic carbocycles. The third-order valence-electron chi connectivity index (χ3n) is 3.10. The summed E-state index contributed by atoms with van der Waals surface area (Å²) in [6, 6.07) is 4.51. The minimum Gasteiger partial charge on any atom is -0.496 e. The number of nitrogens with one attached hydrogen (secondary N) is 2. The monoisotopic (exact) mass is 308 g/mol. The van der Waals surface area contributed by atoms with E-state index in [2.05, 4.69) is 10.6 Å². The van der Waals surface area contributed by atoms with Crippen LogP contribution in [0.25, 0.3) is 0 Å².